The van der Waals surface area contributed by atoms with Crippen LogP contribution in [0.25, 0.3) is 0 Å². The van der Waals surface area contributed by atoms with Gasteiger partial charge in [-0.15, -0.1) is 0 Å². The topological polar surface area (TPSA) is 73.5 Å². The Labute approximate surface area is 159 Å². The van der Waals surface area contributed by atoms with Gasteiger partial charge >= 0.3 is 0 Å². The molecule has 1 aromatic rings. The Bertz CT molecular complexity index is 798. The first-order valence-electron chi connectivity index (χ1n) is 10.3. The normalized spacial score (nSPS) is 25.9. The van der Waals surface area contributed by atoms with Crippen molar-refractivity contribution in [2.24, 2.45) is 11.3 Å². The average molecular weight is 371 g/mol. The second-order valence-electron chi connectivity index (χ2n) is 8.52. The van der Waals surface area contributed by atoms with Gasteiger partial charge in [-0.3, -0.25) is 14.4 Å². The van der Waals surface area contributed by atoms with E-state index in [0.29, 0.717) is 31.0 Å². The molecule has 1 aromatic heterocycles. The fraction of sp³-hybridized carbons (Fsp3) is 0.667. The van der Waals surface area contributed by atoms with Crippen molar-refractivity contribution in [1.29, 1.82) is 0 Å². The number of carbonyl (C=O) groups is 2. The molecule has 1 N–H and O–H groups in total. The molecule has 0 bridgehead atoms. The van der Waals surface area contributed by atoms with E-state index in [1.54, 1.807) is 11.0 Å². The Balaban J connectivity index is 1.48. The Morgan fingerprint density at radius 2 is 2.00 bits per heavy atom. The molecule has 1 spiro atoms. The first-order chi connectivity index (χ1) is 13.0. The summed E-state index contributed by atoms with van der Waals surface area (Å²) in [4.78, 5) is 44.6. The fourth-order valence-corrected chi connectivity index (χ4v) is 4.84. The van der Waals surface area contributed by atoms with E-state index in [4.69, 9.17) is 0 Å². The monoisotopic (exact) mass is 371 g/mol. The summed E-state index contributed by atoms with van der Waals surface area (Å²) in [5.74, 6) is 0.791. The van der Waals surface area contributed by atoms with E-state index in [0.717, 1.165) is 38.0 Å². The summed E-state index contributed by atoms with van der Waals surface area (Å²) in [7, 11) is 0. The number of pyridine rings is 1. The average Bonchev–Trinajstić information content (AvgIpc) is 3.05. The van der Waals surface area contributed by atoms with E-state index >= 15 is 0 Å². The first kappa shape index (κ1) is 18.3. The number of piperidine rings is 1. The van der Waals surface area contributed by atoms with Crippen LogP contribution in [0.4, 0.5) is 0 Å². The van der Waals surface area contributed by atoms with E-state index in [-0.39, 0.29) is 17.4 Å². The van der Waals surface area contributed by atoms with Crippen molar-refractivity contribution in [3.63, 3.8) is 0 Å². The van der Waals surface area contributed by atoms with E-state index in [1.807, 2.05) is 6.92 Å². The third-order valence-corrected chi connectivity index (χ3v) is 6.70. The molecule has 3 heterocycles. The smallest absolute Gasteiger partial charge is 0.254 e. The number of nitrogens with one attached hydrogen (secondary N) is 1. The first-order valence-corrected chi connectivity index (χ1v) is 10.3. The molecule has 1 aliphatic carbocycles. The standard InChI is InChI=1S/C21H29N3O3/c1-2-17-11-16(12-18(25)22-17)19(26)24-10-8-21(14-24)7-4-9-23(20(21)27)13-15-5-3-6-15/h11-12,15H,2-10,13-14H2,1H3,(H,22,25)/t21-/m1/s1. The lowest BCUT2D eigenvalue weighted by Crippen LogP contribution is -2.52. The molecule has 1 saturated carbocycles. The number of aryl methyl sites for hydroxylation is 1. The van der Waals surface area contributed by atoms with Crippen LogP contribution in [-0.4, -0.2) is 52.8 Å². The summed E-state index contributed by atoms with van der Waals surface area (Å²) in [5, 5.41) is 0. The maximum absolute atomic E-state index is 13.2. The molecule has 146 valence electrons. The van der Waals surface area contributed by atoms with E-state index in [2.05, 4.69) is 9.88 Å². The zero-order chi connectivity index (χ0) is 19.0. The molecule has 2 saturated heterocycles. The van der Waals surface area contributed by atoms with Gasteiger partial charge in [-0.05, 0) is 50.5 Å². The molecule has 4 rings (SSSR count). The molecule has 1 atom stereocenters. The molecule has 0 aromatic carbocycles. The predicted molar refractivity (Wildman–Crippen MR) is 103 cm³/mol. The summed E-state index contributed by atoms with van der Waals surface area (Å²) in [6.45, 7) is 4.78. The Hall–Kier alpha value is -2.11. The number of aromatic amines is 1. The quantitative estimate of drug-likeness (QED) is 0.882. The Morgan fingerprint density at radius 1 is 1.19 bits per heavy atom. The molecule has 0 radical (unpaired) electrons. The van der Waals surface area contributed by atoms with Crippen LogP contribution in [0.1, 0.15) is 61.5 Å². The number of hydrogen-bond donors (Lipinski definition) is 1. The number of rotatable bonds is 4. The van der Waals surface area contributed by atoms with Gasteiger partial charge in [-0.1, -0.05) is 13.3 Å². The molecule has 6 nitrogen and oxygen atoms in total. The molecule has 27 heavy (non-hydrogen) atoms. The number of nitrogens with zero attached hydrogens (tertiary/aromatic N) is 2. The highest BCUT2D eigenvalue weighted by atomic mass is 16.2. The van der Waals surface area contributed by atoms with Crippen molar-refractivity contribution in [3.8, 4) is 0 Å². The summed E-state index contributed by atoms with van der Waals surface area (Å²) >= 11 is 0. The Kier molecular flexibility index (Phi) is 4.82. The summed E-state index contributed by atoms with van der Waals surface area (Å²) in [6, 6.07) is 3.14. The number of H-pyrrole nitrogens is 1. The van der Waals surface area contributed by atoms with Gasteiger partial charge < -0.3 is 14.8 Å². The minimum Gasteiger partial charge on any atom is -0.342 e. The van der Waals surface area contributed by atoms with Crippen molar-refractivity contribution in [2.75, 3.05) is 26.2 Å². The summed E-state index contributed by atoms with van der Waals surface area (Å²) < 4.78 is 0. The van der Waals surface area contributed by atoms with Crippen molar-refractivity contribution in [3.05, 3.63) is 33.7 Å². The molecule has 0 unspecified atom stereocenters. The zero-order valence-corrected chi connectivity index (χ0v) is 16.1. The maximum atomic E-state index is 13.2. The van der Waals surface area contributed by atoms with E-state index in [9.17, 15) is 14.4 Å². The Morgan fingerprint density at radius 3 is 2.70 bits per heavy atom. The van der Waals surface area contributed by atoms with Gasteiger partial charge in [0.2, 0.25) is 11.5 Å². The van der Waals surface area contributed by atoms with Crippen molar-refractivity contribution < 1.29 is 9.59 Å². The van der Waals surface area contributed by atoms with Crippen LogP contribution < -0.4 is 5.56 Å². The van der Waals surface area contributed by atoms with Crippen LogP contribution in [0.2, 0.25) is 0 Å². The lowest BCUT2D eigenvalue weighted by Gasteiger charge is -2.42. The molecular weight excluding hydrogens is 342 g/mol. The second kappa shape index (κ2) is 7.13. The summed E-state index contributed by atoms with van der Waals surface area (Å²) in [6.07, 6.45) is 7.07. The number of aromatic nitrogens is 1. The minimum atomic E-state index is -0.410. The lowest BCUT2D eigenvalue weighted by atomic mass is 9.77. The van der Waals surface area contributed by atoms with Crippen LogP contribution >= 0.6 is 0 Å². The predicted octanol–water partition coefficient (Wildman–Crippen LogP) is 2.19. The molecule has 2 amide bonds. The van der Waals surface area contributed by atoms with Gasteiger partial charge in [-0.25, -0.2) is 0 Å². The van der Waals surface area contributed by atoms with E-state index in [1.165, 1.54) is 25.3 Å². The van der Waals surface area contributed by atoms with E-state index < -0.39 is 5.41 Å². The molecule has 3 aliphatic rings. The van der Waals surface area contributed by atoms with Crippen molar-refractivity contribution in [1.82, 2.24) is 14.8 Å². The summed E-state index contributed by atoms with van der Waals surface area (Å²) in [5.41, 5.74) is 0.543. The van der Waals surface area contributed by atoms with Gasteiger partial charge in [0, 0.05) is 43.5 Å². The van der Waals surface area contributed by atoms with Crippen molar-refractivity contribution >= 4 is 11.8 Å². The SMILES string of the molecule is CCc1cc(C(=O)N2CC[C@]3(CCCN(CC4CCC4)C3=O)C2)cc(=O)[nH]1. The number of hydrogen-bond acceptors (Lipinski definition) is 3. The third kappa shape index (κ3) is 3.42. The lowest BCUT2D eigenvalue weighted by molar-refractivity contribution is -0.146. The van der Waals surface area contributed by atoms with Crippen LogP contribution in [0.5, 0.6) is 0 Å². The van der Waals surface area contributed by atoms with Gasteiger partial charge in [0.05, 0.1) is 5.41 Å². The number of likely N-dealkylation sites (tertiary alicyclic amines) is 2. The molecule has 2 aliphatic heterocycles. The van der Waals surface area contributed by atoms with Crippen molar-refractivity contribution in [2.45, 2.75) is 51.9 Å². The number of amides is 2. The van der Waals surface area contributed by atoms with Crippen LogP contribution in [-0.2, 0) is 11.2 Å². The molecule has 6 heteroatoms. The highest BCUT2D eigenvalue weighted by molar-refractivity contribution is 5.95. The van der Waals surface area contributed by atoms with Gasteiger partial charge in [0.15, 0.2) is 0 Å². The highest BCUT2D eigenvalue weighted by Crippen LogP contribution is 2.41. The van der Waals surface area contributed by atoms with Gasteiger partial charge in [0.25, 0.3) is 5.91 Å². The van der Waals surface area contributed by atoms with Crippen LogP contribution in [0.15, 0.2) is 16.9 Å². The third-order valence-electron chi connectivity index (χ3n) is 6.70. The molecular formula is C21H29N3O3. The minimum absolute atomic E-state index is 0.128. The molecule has 3 fully saturated rings. The maximum Gasteiger partial charge on any atom is 0.254 e. The number of carbonyl (C=O) groups excluding carboxylic acids is 2. The van der Waals surface area contributed by atoms with Gasteiger partial charge in [0.1, 0.15) is 0 Å². The van der Waals surface area contributed by atoms with Crippen LogP contribution in [0, 0.1) is 11.3 Å². The largest absolute Gasteiger partial charge is 0.342 e. The highest BCUT2D eigenvalue weighted by Gasteiger charge is 2.49. The fourth-order valence-electron chi connectivity index (χ4n) is 4.84. The van der Waals surface area contributed by atoms with Crippen LogP contribution in [0.3, 0.4) is 0 Å². The van der Waals surface area contributed by atoms with Gasteiger partial charge in [-0.2, -0.15) is 0 Å². The second-order valence-corrected chi connectivity index (χ2v) is 8.52. The zero-order valence-electron chi connectivity index (χ0n) is 16.1.